The molecule has 114 valence electrons. The van der Waals surface area contributed by atoms with Crippen LogP contribution in [0.25, 0.3) is 0 Å². The first-order valence-corrected chi connectivity index (χ1v) is 7.18. The highest BCUT2D eigenvalue weighted by Crippen LogP contribution is 2.08. The highest BCUT2D eigenvalue weighted by atomic mass is 35.5. The summed E-state index contributed by atoms with van der Waals surface area (Å²) in [5, 5.41) is 0. The molecule has 1 rings (SSSR count). The van der Waals surface area contributed by atoms with E-state index in [1.54, 1.807) is 12.1 Å². The zero-order valence-electron chi connectivity index (χ0n) is 12.4. The van der Waals surface area contributed by atoms with Gasteiger partial charge in [-0.1, -0.05) is 13.8 Å². The molecule has 0 saturated heterocycles. The van der Waals surface area contributed by atoms with Crippen molar-refractivity contribution in [2.75, 3.05) is 19.6 Å². The molecule has 4 heteroatoms. The van der Waals surface area contributed by atoms with Crippen LogP contribution in [0.4, 0.5) is 4.39 Å². The summed E-state index contributed by atoms with van der Waals surface area (Å²) in [4.78, 5) is 14.3. The van der Waals surface area contributed by atoms with Gasteiger partial charge in [0.25, 0.3) is 0 Å². The fraction of sp³-hybridized carbons (Fsp3) is 0.562. The number of Topliss-reactive ketones (excluding diaryl/α,β-unsaturated/α-hetero) is 1. The first kappa shape index (κ1) is 19.1. The zero-order valence-corrected chi connectivity index (χ0v) is 13.2. The zero-order chi connectivity index (χ0) is 14.1. The van der Waals surface area contributed by atoms with E-state index in [-0.39, 0.29) is 24.0 Å². The highest BCUT2D eigenvalue weighted by molar-refractivity contribution is 5.95. The second-order valence-corrected chi connectivity index (χ2v) is 4.88. The molecule has 1 aromatic rings. The maximum atomic E-state index is 12.8. The van der Waals surface area contributed by atoms with E-state index in [1.165, 1.54) is 12.1 Å². The molecule has 0 aliphatic rings. The molecule has 0 N–H and O–H groups in total. The van der Waals surface area contributed by atoms with Gasteiger partial charge in [0.1, 0.15) is 5.82 Å². The molecule has 0 atom stereocenters. The van der Waals surface area contributed by atoms with Gasteiger partial charge in [-0.15, -0.1) is 12.4 Å². The molecule has 0 amide bonds. The lowest BCUT2D eigenvalue weighted by molar-refractivity contribution is 0.0974. The van der Waals surface area contributed by atoms with E-state index in [0.29, 0.717) is 12.0 Å². The van der Waals surface area contributed by atoms with Gasteiger partial charge in [0, 0.05) is 12.0 Å². The van der Waals surface area contributed by atoms with Gasteiger partial charge in [-0.05, 0) is 63.2 Å². The Morgan fingerprint density at radius 3 is 2.10 bits per heavy atom. The van der Waals surface area contributed by atoms with Gasteiger partial charge in [-0.2, -0.15) is 0 Å². The van der Waals surface area contributed by atoms with Crippen LogP contribution in [0, 0.1) is 5.82 Å². The number of carbonyl (C=O) groups excluding carboxylic acids is 1. The topological polar surface area (TPSA) is 20.3 Å². The summed E-state index contributed by atoms with van der Waals surface area (Å²) in [6, 6.07) is 5.81. The Labute approximate surface area is 127 Å². The van der Waals surface area contributed by atoms with Crippen molar-refractivity contribution in [1.29, 1.82) is 0 Å². The Hall–Kier alpha value is -0.930. The van der Waals surface area contributed by atoms with E-state index >= 15 is 0 Å². The molecule has 0 radical (unpaired) electrons. The van der Waals surface area contributed by atoms with Crippen molar-refractivity contribution < 1.29 is 9.18 Å². The van der Waals surface area contributed by atoms with Gasteiger partial charge in [-0.3, -0.25) is 4.79 Å². The molecule has 0 unspecified atom stereocenters. The molecular formula is C16H25ClFNO. The van der Waals surface area contributed by atoms with Crippen LogP contribution in [-0.4, -0.2) is 30.3 Å². The lowest BCUT2D eigenvalue weighted by Gasteiger charge is -2.20. The van der Waals surface area contributed by atoms with Gasteiger partial charge in [0.15, 0.2) is 5.78 Å². The number of benzene rings is 1. The Morgan fingerprint density at radius 1 is 1.05 bits per heavy atom. The quantitative estimate of drug-likeness (QED) is 0.633. The summed E-state index contributed by atoms with van der Waals surface area (Å²) in [5.74, 6) is -0.193. The van der Waals surface area contributed by atoms with Crippen molar-refractivity contribution in [3.05, 3.63) is 35.6 Å². The molecule has 0 fully saturated rings. The van der Waals surface area contributed by atoms with Gasteiger partial charge in [0.05, 0.1) is 0 Å². The smallest absolute Gasteiger partial charge is 0.162 e. The van der Waals surface area contributed by atoms with Gasteiger partial charge in [0.2, 0.25) is 0 Å². The normalized spacial score (nSPS) is 10.4. The summed E-state index contributed by atoms with van der Waals surface area (Å²) in [6.45, 7) is 7.50. The molecule has 0 saturated carbocycles. The Balaban J connectivity index is 0.00000361. The fourth-order valence-electron chi connectivity index (χ4n) is 2.21. The van der Waals surface area contributed by atoms with Crippen molar-refractivity contribution in [3.63, 3.8) is 0 Å². The summed E-state index contributed by atoms with van der Waals surface area (Å²) >= 11 is 0. The van der Waals surface area contributed by atoms with Crippen LogP contribution >= 0.6 is 12.4 Å². The molecule has 2 nitrogen and oxygen atoms in total. The van der Waals surface area contributed by atoms with Crippen LogP contribution in [0.2, 0.25) is 0 Å². The summed E-state index contributed by atoms with van der Waals surface area (Å²) in [7, 11) is 0. The monoisotopic (exact) mass is 301 g/mol. The molecule has 0 spiro atoms. The van der Waals surface area contributed by atoms with E-state index in [1.807, 2.05) is 0 Å². The molecule has 0 aliphatic carbocycles. The predicted octanol–water partition coefficient (Wildman–Crippen LogP) is 4.33. The van der Waals surface area contributed by atoms with Crippen molar-refractivity contribution >= 4 is 18.2 Å². The third-order valence-corrected chi connectivity index (χ3v) is 3.12. The van der Waals surface area contributed by atoms with Gasteiger partial charge >= 0.3 is 0 Å². The highest BCUT2D eigenvalue weighted by Gasteiger charge is 2.07. The molecule has 0 bridgehead atoms. The molecule has 0 heterocycles. The number of rotatable bonds is 9. The van der Waals surface area contributed by atoms with Crippen LogP contribution in [-0.2, 0) is 0 Å². The molecule has 20 heavy (non-hydrogen) atoms. The van der Waals surface area contributed by atoms with Crippen LogP contribution in [0.1, 0.15) is 49.9 Å². The van der Waals surface area contributed by atoms with Crippen molar-refractivity contribution in [2.45, 2.75) is 39.5 Å². The Bertz CT molecular complexity index is 375. The van der Waals surface area contributed by atoms with Crippen LogP contribution < -0.4 is 0 Å². The molecule has 1 aromatic carbocycles. The minimum Gasteiger partial charge on any atom is -0.303 e. The maximum Gasteiger partial charge on any atom is 0.162 e. The van der Waals surface area contributed by atoms with Crippen LogP contribution in [0.5, 0.6) is 0 Å². The molecular weight excluding hydrogens is 277 g/mol. The Kier molecular flexibility index (Phi) is 10.3. The first-order valence-electron chi connectivity index (χ1n) is 7.18. The standard InChI is InChI=1S/C16H24FNO.ClH/c1-3-11-18(12-4-2)13-5-6-16(19)14-7-9-15(17)10-8-14;/h7-10H,3-6,11-13H2,1-2H3;1H. The minimum absolute atomic E-state index is 0. The SMILES string of the molecule is CCCN(CCC)CCCC(=O)c1ccc(F)cc1.Cl. The van der Waals surface area contributed by atoms with Crippen molar-refractivity contribution in [1.82, 2.24) is 4.90 Å². The van der Waals surface area contributed by atoms with E-state index in [0.717, 1.165) is 38.9 Å². The minimum atomic E-state index is -0.298. The number of halogens is 2. The summed E-state index contributed by atoms with van der Waals surface area (Å²) < 4.78 is 12.8. The van der Waals surface area contributed by atoms with Gasteiger partial charge in [-0.25, -0.2) is 4.39 Å². The van der Waals surface area contributed by atoms with Gasteiger partial charge < -0.3 is 4.90 Å². The van der Waals surface area contributed by atoms with E-state index in [9.17, 15) is 9.18 Å². The second-order valence-electron chi connectivity index (χ2n) is 4.88. The third-order valence-electron chi connectivity index (χ3n) is 3.12. The fourth-order valence-corrected chi connectivity index (χ4v) is 2.21. The number of hydrogen-bond donors (Lipinski definition) is 0. The van der Waals surface area contributed by atoms with Crippen LogP contribution in [0.15, 0.2) is 24.3 Å². The average Bonchev–Trinajstić information content (AvgIpc) is 2.40. The molecule has 0 aliphatic heterocycles. The van der Waals surface area contributed by atoms with Crippen molar-refractivity contribution in [2.24, 2.45) is 0 Å². The van der Waals surface area contributed by atoms with E-state index in [4.69, 9.17) is 0 Å². The number of ketones is 1. The largest absolute Gasteiger partial charge is 0.303 e. The summed E-state index contributed by atoms with van der Waals surface area (Å²) in [6.07, 6.45) is 3.70. The number of hydrogen-bond acceptors (Lipinski definition) is 2. The number of nitrogens with zero attached hydrogens (tertiary/aromatic N) is 1. The van der Waals surface area contributed by atoms with E-state index < -0.39 is 0 Å². The first-order chi connectivity index (χ1) is 9.17. The van der Waals surface area contributed by atoms with E-state index in [2.05, 4.69) is 18.7 Å². The Morgan fingerprint density at radius 2 is 1.60 bits per heavy atom. The van der Waals surface area contributed by atoms with Crippen LogP contribution in [0.3, 0.4) is 0 Å². The van der Waals surface area contributed by atoms with Crippen molar-refractivity contribution in [3.8, 4) is 0 Å². The maximum absolute atomic E-state index is 12.8. The lowest BCUT2D eigenvalue weighted by atomic mass is 10.1. The molecule has 0 aromatic heterocycles. The predicted molar refractivity (Wildman–Crippen MR) is 84.2 cm³/mol. The summed E-state index contributed by atoms with van der Waals surface area (Å²) in [5.41, 5.74) is 0.610. The lowest BCUT2D eigenvalue weighted by Crippen LogP contribution is -2.27. The third kappa shape index (κ3) is 7.01. The second kappa shape index (κ2) is 10.8. The average molecular weight is 302 g/mol. The number of carbonyl (C=O) groups is 1.